The number of nitrogens with zero attached hydrogens (tertiary/aromatic N) is 3. The van der Waals surface area contributed by atoms with Gasteiger partial charge in [-0.05, 0) is 36.3 Å². The fourth-order valence-electron chi connectivity index (χ4n) is 2.74. The molecule has 1 unspecified atom stereocenters. The van der Waals surface area contributed by atoms with E-state index in [-0.39, 0.29) is 24.9 Å². The highest BCUT2D eigenvalue weighted by atomic mass is 32.2. The Morgan fingerprint density at radius 2 is 1.87 bits per heavy atom. The minimum Gasteiger partial charge on any atom is -0.350 e. The third-order valence-electron chi connectivity index (χ3n) is 4.35. The normalized spacial score (nSPS) is 12.7. The number of carbonyl (C=O) groups is 1. The predicted octanol–water partition coefficient (Wildman–Crippen LogP) is 2.42. The number of hydrogen-bond donors (Lipinski definition) is 2. The minimum atomic E-state index is -3.61. The first kappa shape index (κ1) is 21.4. The van der Waals surface area contributed by atoms with Crippen molar-refractivity contribution in [3.05, 3.63) is 83.8 Å². The van der Waals surface area contributed by atoms with Gasteiger partial charge in [-0.2, -0.15) is 5.10 Å². The molecule has 1 amide bonds. The summed E-state index contributed by atoms with van der Waals surface area (Å²) < 4.78 is 28.1. The topological polar surface area (TPSA) is 106 Å². The van der Waals surface area contributed by atoms with Crippen LogP contribution in [0.2, 0.25) is 0 Å². The summed E-state index contributed by atoms with van der Waals surface area (Å²) in [6.07, 6.45) is 4.62. The maximum Gasteiger partial charge on any atom is 0.233 e. The molecule has 30 heavy (non-hydrogen) atoms. The van der Waals surface area contributed by atoms with Crippen LogP contribution in [0.1, 0.15) is 30.5 Å². The Balaban J connectivity index is 1.45. The highest BCUT2D eigenvalue weighted by Gasteiger charge is 2.11. The van der Waals surface area contributed by atoms with Gasteiger partial charge in [-0.1, -0.05) is 42.5 Å². The Bertz CT molecular complexity index is 1080. The summed E-state index contributed by atoms with van der Waals surface area (Å²) in [5.74, 6) is -0.238. The SMILES string of the molecule is CC(NC(=O)CCNS(=O)(=O)/C=C/c1ccccc1)c1ccc(-n2cncn2)cc1. The van der Waals surface area contributed by atoms with Crippen molar-refractivity contribution in [1.29, 1.82) is 0 Å². The van der Waals surface area contributed by atoms with Crippen molar-refractivity contribution in [2.75, 3.05) is 6.54 Å². The molecule has 2 N–H and O–H groups in total. The number of rotatable bonds is 9. The molecule has 1 atom stereocenters. The smallest absolute Gasteiger partial charge is 0.233 e. The van der Waals surface area contributed by atoms with Gasteiger partial charge in [0.2, 0.25) is 15.9 Å². The number of hydrogen-bond acceptors (Lipinski definition) is 5. The van der Waals surface area contributed by atoms with Crippen molar-refractivity contribution >= 4 is 22.0 Å². The van der Waals surface area contributed by atoms with Crippen molar-refractivity contribution in [3.8, 4) is 5.69 Å². The van der Waals surface area contributed by atoms with E-state index in [0.717, 1.165) is 22.2 Å². The molecule has 0 aliphatic heterocycles. The van der Waals surface area contributed by atoms with Gasteiger partial charge in [-0.15, -0.1) is 0 Å². The first-order chi connectivity index (χ1) is 14.4. The summed E-state index contributed by atoms with van der Waals surface area (Å²) in [6.45, 7) is 1.89. The van der Waals surface area contributed by atoms with E-state index in [0.29, 0.717) is 0 Å². The van der Waals surface area contributed by atoms with Crippen molar-refractivity contribution in [2.24, 2.45) is 0 Å². The van der Waals surface area contributed by atoms with Gasteiger partial charge in [0.25, 0.3) is 0 Å². The van der Waals surface area contributed by atoms with Gasteiger partial charge in [-0.25, -0.2) is 22.8 Å². The van der Waals surface area contributed by atoms with Crippen LogP contribution in [-0.2, 0) is 14.8 Å². The van der Waals surface area contributed by atoms with Crippen LogP contribution in [0.25, 0.3) is 11.8 Å². The van der Waals surface area contributed by atoms with Crippen LogP contribution in [-0.4, -0.2) is 35.6 Å². The van der Waals surface area contributed by atoms with Gasteiger partial charge in [-0.3, -0.25) is 4.79 Å². The summed E-state index contributed by atoms with van der Waals surface area (Å²) in [6, 6.07) is 16.5. The van der Waals surface area contributed by atoms with Crippen molar-refractivity contribution in [2.45, 2.75) is 19.4 Å². The second-order valence-corrected chi connectivity index (χ2v) is 8.27. The van der Waals surface area contributed by atoms with Gasteiger partial charge >= 0.3 is 0 Å². The van der Waals surface area contributed by atoms with Crippen LogP contribution >= 0.6 is 0 Å². The van der Waals surface area contributed by atoms with Crippen molar-refractivity contribution in [3.63, 3.8) is 0 Å². The number of carbonyl (C=O) groups excluding carboxylic acids is 1. The standard InChI is InChI=1S/C21H23N5O3S/c1-17(19-7-9-20(10-8-19)26-16-22-15-23-26)25-21(27)11-13-24-30(28,29)14-12-18-5-3-2-4-6-18/h2-10,12,14-17,24H,11,13H2,1H3,(H,25,27)/b14-12+. The Labute approximate surface area is 175 Å². The van der Waals surface area contributed by atoms with Crippen LogP contribution in [0.15, 0.2) is 72.7 Å². The molecular formula is C21H23N5O3S. The number of sulfonamides is 1. The predicted molar refractivity (Wildman–Crippen MR) is 115 cm³/mol. The van der Waals surface area contributed by atoms with E-state index in [1.54, 1.807) is 23.1 Å². The van der Waals surface area contributed by atoms with Crippen LogP contribution in [0.3, 0.4) is 0 Å². The largest absolute Gasteiger partial charge is 0.350 e. The molecule has 0 radical (unpaired) electrons. The Hall–Kier alpha value is -3.30. The van der Waals surface area contributed by atoms with Crippen LogP contribution in [0.4, 0.5) is 0 Å². The third-order valence-corrected chi connectivity index (χ3v) is 5.45. The molecular weight excluding hydrogens is 402 g/mol. The lowest BCUT2D eigenvalue weighted by atomic mass is 10.1. The van der Waals surface area contributed by atoms with E-state index in [9.17, 15) is 13.2 Å². The quantitative estimate of drug-likeness (QED) is 0.548. The zero-order valence-electron chi connectivity index (χ0n) is 16.5. The fourth-order valence-corrected chi connectivity index (χ4v) is 3.56. The number of aromatic nitrogens is 3. The second-order valence-electron chi connectivity index (χ2n) is 6.62. The average molecular weight is 426 g/mol. The highest BCUT2D eigenvalue weighted by molar-refractivity contribution is 7.92. The van der Waals surface area contributed by atoms with E-state index in [4.69, 9.17) is 0 Å². The van der Waals surface area contributed by atoms with Crippen molar-refractivity contribution in [1.82, 2.24) is 24.8 Å². The summed E-state index contributed by atoms with van der Waals surface area (Å²) in [5.41, 5.74) is 2.58. The molecule has 0 spiro atoms. The van der Waals surface area contributed by atoms with Gasteiger partial charge < -0.3 is 5.32 Å². The number of nitrogens with one attached hydrogen (secondary N) is 2. The van der Waals surface area contributed by atoms with Crippen LogP contribution < -0.4 is 10.0 Å². The first-order valence-corrected chi connectivity index (χ1v) is 10.9. The molecule has 156 valence electrons. The van der Waals surface area contributed by atoms with Gasteiger partial charge in [0.05, 0.1) is 11.7 Å². The molecule has 2 aromatic carbocycles. The molecule has 0 saturated carbocycles. The highest BCUT2D eigenvalue weighted by Crippen LogP contribution is 2.15. The van der Waals surface area contributed by atoms with E-state index in [2.05, 4.69) is 20.1 Å². The van der Waals surface area contributed by atoms with Gasteiger partial charge in [0.15, 0.2) is 0 Å². The molecule has 3 aromatic rings. The molecule has 3 rings (SSSR count). The zero-order valence-corrected chi connectivity index (χ0v) is 17.3. The minimum absolute atomic E-state index is 0.0191. The number of benzene rings is 2. The lowest BCUT2D eigenvalue weighted by Crippen LogP contribution is -2.31. The average Bonchev–Trinajstić information content (AvgIpc) is 3.28. The molecule has 0 aliphatic carbocycles. The molecule has 0 bridgehead atoms. The number of amides is 1. The maximum atomic E-state index is 12.2. The summed E-state index contributed by atoms with van der Waals surface area (Å²) in [4.78, 5) is 16.1. The molecule has 0 aliphatic rings. The fraction of sp³-hybridized carbons (Fsp3) is 0.190. The van der Waals surface area contributed by atoms with Crippen LogP contribution in [0, 0.1) is 0 Å². The second kappa shape index (κ2) is 9.95. The van der Waals surface area contributed by atoms with E-state index in [1.807, 2.05) is 49.4 Å². The Morgan fingerprint density at radius 1 is 1.13 bits per heavy atom. The lowest BCUT2D eigenvalue weighted by Gasteiger charge is -2.15. The first-order valence-electron chi connectivity index (χ1n) is 9.40. The third kappa shape index (κ3) is 6.36. The Kier molecular flexibility index (Phi) is 7.10. The van der Waals surface area contributed by atoms with Crippen molar-refractivity contribution < 1.29 is 13.2 Å². The van der Waals surface area contributed by atoms with E-state index in [1.165, 1.54) is 12.4 Å². The molecule has 8 nitrogen and oxygen atoms in total. The molecule has 1 heterocycles. The molecule has 9 heteroatoms. The Morgan fingerprint density at radius 3 is 2.53 bits per heavy atom. The summed E-state index contributed by atoms with van der Waals surface area (Å²) in [7, 11) is -3.61. The molecule has 0 saturated heterocycles. The lowest BCUT2D eigenvalue weighted by molar-refractivity contribution is -0.121. The maximum absolute atomic E-state index is 12.2. The van der Waals surface area contributed by atoms with Gasteiger partial charge in [0, 0.05) is 18.4 Å². The summed E-state index contributed by atoms with van der Waals surface area (Å²) >= 11 is 0. The molecule has 0 fully saturated rings. The van der Waals surface area contributed by atoms with E-state index < -0.39 is 10.0 Å². The molecule has 1 aromatic heterocycles. The van der Waals surface area contributed by atoms with E-state index >= 15 is 0 Å². The monoisotopic (exact) mass is 425 g/mol. The van der Waals surface area contributed by atoms with Gasteiger partial charge in [0.1, 0.15) is 12.7 Å². The zero-order chi connectivity index (χ0) is 21.4. The van der Waals surface area contributed by atoms with Crippen LogP contribution in [0.5, 0.6) is 0 Å². The summed E-state index contributed by atoms with van der Waals surface area (Å²) in [5, 5.41) is 8.03.